The summed E-state index contributed by atoms with van der Waals surface area (Å²) in [6.45, 7) is 4.90. The zero-order valence-electron chi connectivity index (χ0n) is 19.8. The van der Waals surface area contributed by atoms with Crippen molar-refractivity contribution in [3.05, 3.63) is 22.1 Å². The Balaban J connectivity index is 1.87. The molecule has 4 aliphatic carbocycles. The summed E-state index contributed by atoms with van der Waals surface area (Å²) < 4.78 is 33.0. The topological polar surface area (TPSA) is 112 Å². The number of hydrogen-bond acceptors (Lipinski definition) is 5. The number of alkyl halides is 3. The molecule has 0 bridgehead atoms. The van der Waals surface area contributed by atoms with Gasteiger partial charge < -0.3 is 15.3 Å². The molecule has 6 nitrogen and oxygen atoms in total. The number of halogens is 4. The van der Waals surface area contributed by atoms with Crippen LogP contribution in [0.4, 0.5) is 8.78 Å². The summed E-state index contributed by atoms with van der Waals surface area (Å²) in [5, 5.41) is 29.2. The van der Waals surface area contributed by atoms with Gasteiger partial charge in [-0.2, -0.15) is 0 Å². The number of Topliss-reactive ketones (excluding diaryl/α,β-unsaturated/α-hetero) is 2. The molecule has 0 heterocycles. The fraction of sp³-hybridized carbons (Fsp3) is 0.720. The van der Waals surface area contributed by atoms with E-state index >= 15 is 8.78 Å². The summed E-state index contributed by atoms with van der Waals surface area (Å²) in [6, 6.07) is 0. The van der Waals surface area contributed by atoms with Gasteiger partial charge in [-0.1, -0.05) is 25.4 Å². The Morgan fingerprint density at radius 1 is 1.11 bits per heavy atom. The van der Waals surface area contributed by atoms with E-state index in [1.165, 1.54) is 6.92 Å². The average Bonchev–Trinajstić information content (AvgIpc) is 3.03. The van der Waals surface area contributed by atoms with Gasteiger partial charge in [0, 0.05) is 23.3 Å². The second-order valence-corrected chi connectivity index (χ2v) is 11.8. The van der Waals surface area contributed by atoms with Gasteiger partial charge in [-0.15, -0.1) is 11.6 Å². The van der Waals surface area contributed by atoms with Crippen molar-refractivity contribution in [2.24, 2.45) is 34.0 Å². The molecule has 0 unspecified atom stereocenters. The maximum Gasteiger partial charge on any atom is 0.303 e. The van der Waals surface area contributed by atoms with Crippen molar-refractivity contribution in [2.45, 2.75) is 71.1 Å². The molecule has 0 saturated heterocycles. The minimum absolute atomic E-state index is 0.0394. The molecule has 4 rings (SSSR count). The monoisotopic (exact) mass is 534 g/mol. The number of rotatable bonds is 5. The van der Waals surface area contributed by atoms with E-state index < -0.39 is 73.8 Å². The average molecular weight is 535 g/mol. The number of carboxylic acids is 1. The molecule has 0 aromatic carbocycles. The summed E-state index contributed by atoms with van der Waals surface area (Å²) in [4.78, 5) is 38.1. The van der Waals surface area contributed by atoms with Gasteiger partial charge in [-0.3, -0.25) is 14.4 Å². The molecule has 0 amide bonds. The fourth-order valence-electron chi connectivity index (χ4n) is 8.49. The van der Waals surface area contributed by atoms with E-state index in [9.17, 15) is 29.7 Å². The smallest absolute Gasteiger partial charge is 0.303 e. The van der Waals surface area contributed by atoms with Gasteiger partial charge in [0.1, 0.15) is 16.9 Å². The lowest BCUT2D eigenvalue weighted by molar-refractivity contribution is -0.178. The van der Waals surface area contributed by atoms with Crippen molar-refractivity contribution >= 4 is 40.7 Å². The molecule has 3 fully saturated rings. The van der Waals surface area contributed by atoms with Gasteiger partial charge in [0.05, 0.1) is 11.3 Å². The van der Waals surface area contributed by atoms with Crippen LogP contribution in [-0.4, -0.2) is 50.6 Å². The molecule has 10 heteroatoms. The largest absolute Gasteiger partial charge is 0.504 e. The molecular formula is C25H30Cl2F2O6. The van der Waals surface area contributed by atoms with Crippen LogP contribution in [0.25, 0.3) is 0 Å². The van der Waals surface area contributed by atoms with Gasteiger partial charge in [0.15, 0.2) is 23.1 Å². The van der Waals surface area contributed by atoms with Gasteiger partial charge in [-0.25, -0.2) is 8.78 Å². The Morgan fingerprint density at radius 3 is 2.31 bits per heavy atom. The summed E-state index contributed by atoms with van der Waals surface area (Å²) in [7, 11) is 0. The molecular weight excluding hydrogens is 505 g/mol. The zero-order valence-corrected chi connectivity index (χ0v) is 21.3. The van der Waals surface area contributed by atoms with Crippen molar-refractivity contribution in [3.63, 3.8) is 0 Å². The number of fused-ring (bicyclic) bond motifs is 5. The molecule has 0 aromatic heterocycles. The van der Waals surface area contributed by atoms with E-state index in [2.05, 4.69) is 0 Å². The summed E-state index contributed by atoms with van der Waals surface area (Å²) in [5.41, 5.74) is -6.92. The molecule has 3 saturated carbocycles. The lowest BCUT2D eigenvalue weighted by Gasteiger charge is -2.62. The van der Waals surface area contributed by atoms with Crippen LogP contribution in [0.3, 0.4) is 0 Å². The Kier molecular flexibility index (Phi) is 6.16. The number of aliphatic hydroxyl groups excluding tert-OH is 2. The number of ketones is 2. The quantitative estimate of drug-likeness (QED) is 0.397. The highest BCUT2D eigenvalue weighted by molar-refractivity contribution is 6.44. The lowest BCUT2D eigenvalue weighted by Crippen LogP contribution is -2.66. The Bertz CT molecular complexity index is 1070. The summed E-state index contributed by atoms with van der Waals surface area (Å²) >= 11 is 12.0. The maximum atomic E-state index is 17.3. The first-order chi connectivity index (χ1) is 16.1. The van der Waals surface area contributed by atoms with Crippen molar-refractivity contribution in [2.75, 3.05) is 5.88 Å². The number of carbonyl (C=O) groups excluding carboxylic acids is 2. The fourth-order valence-corrected chi connectivity index (χ4v) is 9.01. The molecule has 0 aromatic rings. The second-order valence-electron chi connectivity index (χ2n) is 11.1. The predicted octanol–water partition coefficient (Wildman–Crippen LogP) is 5.58. The van der Waals surface area contributed by atoms with Crippen LogP contribution in [0.2, 0.25) is 0 Å². The number of aliphatic hydroxyl groups is 2. The van der Waals surface area contributed by atoms with Crippen LogP contribution < -0.4 is 0 Å². The molecule has 0 aliphatic heterocycles. The Hall–Kier alpha value is -1.67. The third-order valence-corrected chi connectivity index (χ3v) is 10.8. The van der Waals surface area contributed by atoms with Crippen LogP contribution in [0.15, 0.2) is 22.1 Å². The normalized spacial score (nSPS) is 45.2. The van der Waals surface area contributed by atoms with E-state index in [0.717, 1.165) is 0 Å². The second kappa shape index (κ2) is 8.17. The SMILES string of the molecule is C[C@H]1C[C@H]2[C@@H]3C[C@H](F)C4=C(O)C(O)=C(Cl)C(=O)[C@]4(C)[C@@]3(F)CC[C@]2(C)[C@@]1(CCC(=O)O)C(=O)CCl. The molecule has 3 N–H and O–H groups in total. The van der Waals surface area contributed by atoms with E-state index in [-0.39, 0.29) is 49.7 Å². The highest BCUT2D eigenvalue weighted by Crippen LogP contribution is 2.74. The van der Waals surface area contributed by atoms with E-state index in [4.69, 9.17) is 23.2 Å². The number of carbonyl (C=O) groups is 3. The van der Waals surface area contributed by atoms with Gasteiger partial charge in [0.25, 0.3) is 0 Å². The standard InChI is InChI=1S/C25H30Cl2F2O6/c1-11-8-12-13-9-14(28)17-19(33)20(34)18(27)21(35)23(17,3)25(13,29)7-6-22(12,2)24(11,15(30)10-26)5-4-16(31)32/h11-14,33-34H,4-10H2,1-3H3,(H,31,32)/t11-,12-,13-,14-,22-,23+,24+,25+/m0/s1. The number of carboxylic acid groups (broad SMARTS) is 1. The molecule has 8 atom stereocenters. The first-order valence-corrected chi connectivity index (χ1v) is 12.8. The number of aliphatic carboxylic acids is 1. The first-order valence-electron chi connectivity index (χ1n) is 11.9. The van der Waals surface area contributed by atoms with Crippen molar-refractivity contribution < 1.29 is 38.5 Å². The first kappa shape index (κ1) is 26.4. The predicted molar refractivity (Wildman–Crippen MR) is 125 cm³/mol. The Morgan fingerprint density at radius 2 is 1.74 bits per heavy atom. The van der Waals surface area contributed by atoms with Crippen LogP contribution in [0.1, 0.15) is 59.3 Å². The number of allylic oxidation sites excluding steroid dienone is 2. The van der Waals surface area contributed by atoms with Crippen LogP contribution >= 0.6 is 23.2 Å². The van der Waals surface area contributed by atoms with Crippen molar-refractivity contribution in [1.29, 1.82) is 0 Å². The highest BCUT2D eigenvalue weighted by atomic mass is 35.5. The van der Waals surface area contributed by atoms with E-state index in [1.54, 1.807) is 0 Å². The summed E-state index contributed by atoms with van der Waals surface area (Å²) in [6.07, 6.45) is -2.23. The minimum atomic E-state index is -2.30. The summed E-state index contributed by atoms with van der Waals surface area (Å²) in [5.74, 6) is -6.39. The maximum absolute atomic E-state index is 17.3. The van der Waals surface area contributed by atoms with E-state index in [0.29, 0.717) is 6.42 Å². The lowest BCUT2D eigenvalue weighted by atomic mass is 9.42. The molecule has 194 valence electrons. The van der Waals surface area contributed by atoms with Crippen molar-refractivity contribution in [1.82, 2.24) is 0 Å². The van der Waals surface area contributed by atoms with Crippen LogP contribution in [0.5, 0.6) is 0 Å². The highest BCUT2D eigenvalue weighted by Gasteiger charge is 2.76. The van der Waals surface area contributed by atoms with Gasteiger partial charge in [-0.05, 0) is 56.3 Å². The zero-order chi connectivity index (χ0) is 26.3. The Labute approximate surface area is 212 Å². The third-order valence-electron chi connectivity index (χ3n) is 10.2. The number of hydrogen-bond donors (Lipinski definition) is 3. The third kappa shape index (κ3) is 3.01. The van der Waals surface area contributed by atoms with Gasteiger partial charge >= 0.3 is 5.97 Å². The van der Waals surface area contributed by atoms with Gasteiger partial charge in [0.2, 0.25) is 0 Å². The molecule has 0 radical (unpaired) electrons. The van der Waals surface area contributed by atoms with Crippen LogP contribution in [0, 0.1) is 34.0 Å². The van der Waals surface area contributed by atoms with Crippen molar-refractivity contribution in [3.8, 4) is 0 Å². The van der Waals surface area contributed by atoms with E-state index in [1.807, 2.05) is 13.8 Å². The molecule has 35 heavy (non-hydrogen) atoms. The minimum Gasteiger partial charge on any atom is -0.504 e. The van der Waals surface area contributed by atoms with Crippen LogP contribution in [-0.2, 0) is 14.4 Å². The molecule has 0 spiro atoms. The molecule has 4 aliphatic rings.